The molecular formula is C14H18N2O2. The molecule has 0 heterocycles. The molecule has 0 spiro atoms. The summed E-state index contributed by atoms with van der Waals surface area (Å²) in [6.07, 6.45) is 3.22. The van der Waals surface area contributed by atoms with E-state index in [9.17, 15) is 9.59 Å². The summed E-state index contributed by atoms with van der Waals surface area (Å²) >= 11 is 0. The highest BCUT2D eigenvalue weighted by Crippen LogP contribution is 2.14. The van der Waals surface area contributed by atoms with Gasteiger partial charge in [-0.05, 0) is 24.3 Å². The molecule has 0 aliphatic heterocycles. The first-order valence-electron chi connectivity index (χ1n) is 5.65. The summed E-state index contributed by atoms with van der Waals surface area (Å²) in [5.74, 6) is -0.0951. The third kappa shape index (κ3) is 3.73. The lowest BCUT2D eigenvalue weighted by atomic mass is 10.1. The van der Waals surface area contributed by atoms with Crippen molar-refractivity contribution in [1.29, 1.82) is 0 Å². The molecule has 0 saturated carbocycles. The number of anilines is 1. The van der Waals surface area contributed by atoms with Gasteiger partial charge in [0.25, 0.3) is 0 Å². The second-order valence-corrected chi connectivity index (χ2v) is 4.27. The molecule has 0 saturated heterocycles. The maximum absolute atomic E-state index is 11.8. The van der Waals surface area contributed by atoms with Crippen molar-refractivity contribution in [2.45, 2.75) is 6.92 Å². The molecule has 18 heavy (non-hydrogen) atoms. The first-order chi connectivity index (χ1) is 8.41. The van der Waals surface area contributed by atoms with Crippen molar-refractivity contribution in [3.8, 4) is 0 Å². The van der Waals surface area contributed by atoms with Gasteiger partial charge < -0.3 is 9.80 Å². The molecule has 0 aromatic heterocycles. The summed E-state index contributed by atoms with van der Waals surface area (Å²) in [5, 5.41) is 0. The van der Waals surface area contributed by atoms with Gasteiger partial charge in [0, 0.05) is 51.6 Å². The van der Waals surface area contributed by atoms with Crippen molar-refractivity contribution in [2.75, 3.05) is 26.0 Å². The predicted octanol–water partition coefficient (Wildman–Crippen LogP) is 1.93. The highest BCUT2D eigenvalue weighted by molar-refractivity contribution is 6.04. The number of hydrogen-bond donors (Lipinski definition) is 0. The zero-order valence-electron chi connectivity index (χ0n) is 11.2. The van der Waals surface area contributed by atoms with Crippen molar-refractivity contribution >= 4 is 17.4 Å². The van der Waals surface area contributed by atoms with Crippen molar-refractivity contribution in [3.63, 3.8) is 0 Å². The van der Waals surface area contributed by atoms with E-state index in [1.54, 1.807) is 42.4 Å². The van der Waals surface area contributed by atoms with Crippen LogP contribution in [-0.4, -0.2) is 37.7 Å². The van der Waals surface area contributed by atoms with Gasteiger partial charge in [0.05, 0.1) is 0 Å². The van der Waals surface area contributed by atoms with Crippen molar-refractivity contribution < 1.29 is 9.59 Å². The monoisotopic (exact) mass is 246 g/mol. The van der Waals surface area contributed by atoms with Gasteiger partial charge >= 0.3 is 0 Å². The van der Waals surface area contributed by atoms with E-state index in [1.165, 1.54) is 17.9 Å². The van der Waals surface area contributed by atoms with Gasteiger partial charge in [-0.1, -0.05) is 0 Å². The summed E-state index contributed by atoms with van der Waals surface area (Å²) < 4.78 is 0. The van der Waals surface area contributed by atoms with Gasteiger partial charge in [0.2, 0.25) is 5.91 Å². The number of hydrogen-bond acceptors (Lipinski definition) is 3. The number of carbonyl (C=O) groups is 2. The van der Waals surface area contributed by atoms with E-state index in [0.717, 1.165) is 5.69 Å². The fraction of sp³-hybridized carbons (Fsp3) is 0.286. The molecule has 1 rings (SSSR count). The lowest BCUT2D eigenvalue weighted by molar-refractivity contribution is -0.116. The smallest absolute Gasteiger partial charge is 0.223 e. The molecular weight excluding hydrogens is 228 g/mol. The van der Waals surface area contributed by atoms with Gasteiger partial charge in [0.15, 0.2) is 5.78 Å². The van der Waals surface area contributed by atoms with E-state index in [1.807, 2.05) is 14.1 Å². The molecule has 0 radical (unpaired) electrons. The summed E-state index contributed by atoms with van der Waals surface area (Å²) in [6.45, 7) is 1.50. The topological polar surface area (TPSA) is 40.6 Å². The summed E-state index contributed by atoms with van der Waals surface area (Å²) in [4.78, 5) is 26.3. The Bertz CT molecular complexity index is 461. The van der Waals surface area contributed by atoms with Crippen LogP contribution < -0.4 is 4.90 Å². The molecule has 0 aliphatic carbocycles. The second kappa shape index (κ2) is 6.00. The first kappa shape index (κ1) is 14.0. The maximum Gasteiger partial charge on any atom is 0.223 e. The Balaban J connectivity index is 2.83. The third-order valence-corrected chi connectivity index (χ3v) is 2.54. The first-order valence-corrected chi connectivity index (χ1v) is 5.65. The lowest BCUT2D eigenvalue weighted by Gasteiger charge is -2.14. The third-order valence-electron chi connectivity index (χ3n) is 2.54. The van der Waals surface area contributed by atoms with Crippen LogP contribution in [0.15, 0.2) is 36.5 Å². The largest absolute Gasteiger partial charge is 0.383 e. The van der Waals surface area contributed by atoms with Gasteiger partial charge in [-0.3, -0.25) is 9.59 Å². The number of benzene rings is 1. The number of rotatable bonds is 4. The van der Waals surface area contributed by atoms with Crippen LogP contribution >= 0.6 is 0 Å². The number of ketones is 1. The van der Waals surface area contributed by atoms with Crippen LogP contribution in [0.5, 0.6) is 0 Å². The van der Waals surface area contributed by atoms with Crippen LogP contribution in [0.1, 0.15) is 17.3 Å². The standard InChI is InChI=1S/C14H18N2O2/c1-11(17)16(4)13-7-5-12(6-8-13)14(18)9-10-15(2)3/h5-10H,1-4H3/b10-9+. The number of carbonyl (C=O) groups excluding carboxylic acids is 2. The Morgan fingerprint density at radius 3 is 2.06 bits per heavy atom. The number of nitrogens with zero attached hydrogens (tertiary/aromatic N) is 2. The molecule has 0 bridgehead atoms. The second-order valence-electron chi connectivity index (χ2n) is 4.27. The molecule has 0 N–H and O–H groups in total. The SMILES string of the molecule is CC(=O)N(C)c1ccc(C(=O)/C=C/N(C)C)cc1. The highest BCUT2D eigenvalue weighted by atomic mass is 16.2. The van der Waals surface area contributed by atoms with Gasteiger partial charge in [-0.25, -0.2) is 0 Å². The molecule has 1 amide bonds. The van der Waals surface area contributed by atoms with Crippen LogP contribution in [0.2, 0.25) is 0 Å². The Morgan fingerprint density at radius 1 is 1.06 bits per heavy atom. The fourth-order valence-electron chi connectivity index (χ4n) is 1.34. The van der Waals surface area contributed by atoms with E-state index < -0.39 is 0 Å². The minimum absolute atomic E-state index is 0.0402. The molecule has 4 heteroatoms. The Morgan fingerprint density at radius 2 is 1.61 bits per heavy atom. The van der Waals surface area contributed by atoms with Gasteiger partial charge in [-0.15, -0.1) is 0 Å². The number of amides is 1. The van der Waals surface area contributed by atoms with E-state index in [0.29, 0.717) is 5.56 Å². The average Bonchev–Trinajstić information content (AvgIpc) is 2.35. The highest BCUT2D eigenvalue weighted by Gasteiger charge is 2.06. The van der Waals surface area contributed by atoms with Crippen LogP contribution in [0.4, 0.5) is 5.69 Å². The number of allylic oxidation sites excluding steroid dienone is 1. The summed E-state index contributed by atoms with van der Waals surface area (Å²) in [5.41, 5.74) is 1.38. The van der Waals surface area contributed by atoms with Gasteiger partial charge in [0.1, 0.15) is 0 Å². The molecule has 0 atom stereocenters. The molecule has 1 aromatic rings. The summed E-state index contributed by atoms with van der Waals surface area (Å²) in [7, 11) is 5.41. The van der Waals surface area contributed by atoms with Crippen LogP contribution in [0.25, 0.3) is 0 Å². The van der Waals surface area contributed by atoms with Crippen molar-refractivity contribution in [1.82, 2.24) is 4.90 Å². The molecule has 96 valence electrons. The van der Waals surface area contributed by atoms with Crippen LogP contribution in [0.3, 0.4) is 0 Å². The van der Waals surface area contributed by atoms with E-state index in [2.05, 4.69) is 0 Å². The Hall–Kier alpha value is -2.10. The molecule has 0 fully saturated rings. The zero-order chi connectivity index (χ0) is 13.7. The zero-order valence-corrected chi connectivity index (χ0v) is 11.2. The average molecular weight is 246 g/mol. The normalized spacial score (nSPS) is 10.4. The maximum atomic E-state index is 11.8. The van der Waals surface area contributed by atoms with Crippen LogP contribution in [-0.2, 0) is 4.79 Å². The molecule has 1 aromatic carbocycles. The van der Waals surface area contributed by atoms with Crippen LogP contribution in [0, 0.1) is 0 Å². The Labute approximate surface area is 108 Å². The predicted molar refractivity (Wildman–Crippen MR) is 72.7 cm³/mol. The van der Waals surface area contributed by atoms with E-state index in [4.69, 9.17) is 0 Å². The molecule has 4 nitrogen and oxygen atoms in total. The quantitative estimate of drug-likeness (QED) is 0.602. The fourth-order valence-corrected chi connectivity index (χ4v) is 1.34. The molecule has 0 unspecified atom stereocenters. The molecule has 0 aliphatic rings. The lowest BCUT2D eigenvalue weighted by Crippen LogP contribution is -2.22. The van der Waals surface area contributed by atoms with E-state index in [-0.39, 0.29) is 11.7 Å². The minimum Gasteiger partial charge on any atom is -0.383 e. The Kier molecular flexibility index (Phi) is 4.66. The van der Waals surface area contributed by atoms with E-state index >= 15 is 0 Å². The van der Waals surface area contributed by atoms with Crippen molar-refractivity contribution in [3.05, 3.63) is 42.1 Å². The summed E-state index contributed by atoms with van der Waals surface area (Å²) in [6, 6.07) is 6.96. The van der Waals surface area contributed by atoms with Crippen molar-refractivity contribution in [2.24, 2.45) is 0 Å². The minimum atomic E-state index is -0.0549. The van der Waals surface area contributed by atoms with Gasteiger partial charge in [-0.2, -0.15) is 0 Å².